The van der Waals surface area contributed by atoms with Crippen molar-refractivity contribution in [3.63, 3.8) is 0 Å². The van der Waals surface area contributed by atoms with E-state index in [-0.39, 0.29) is 0 Å². The van der Waals surface area contributed by atoms with E-state index in [1.807, 2.05) is 0 Å². The smallest absolute Gasteiger partial charge is 0.116 e. The molecule has 0 radical (unpaired) electrons. The van der Waals surface area contributed by atoms with Crippen LogP contribution in [-0.2, 0) is 5.75 Å². The second-order valence-corrected chi connectivity index (χ2v) is 3.02. The van der Waals surface area contributed by atoms with Crippen LogP contribution in [0.1, 0.15) is 5.82 Å². The Morgan fingerprint density at radius 3 is 3.08 bits per heavy atom. The third-order valence-electron chi connectivity index (χ3n) is 1.85. The van der Waals surface area contributed by atoms with Crippen molar-refractivity contribution in [3.05, 3.63) is 16.5 Å². The molecule has 0 atom stereocenters. The van der Waals surface area contributed by atoms with Crippen LogP contribution in [0, 0.1) is 0 Å². The lowest BCUT2D eigenvalue weighted by atomic mass is 10.5. The molecule has 0 saturated heterocycles. The summed E-state index contributed by atoms with van der Waals surface area (Å²) in [5, 5.41) is 5.39. The predicted molar refractivity (Wildman–Crippen MR) is 52.3 cm³/mol. The highest BCUT2D eigenvalue weighted by Gasteiger charge is 1.97. The minimum atomic E-state index is 0.669. The minimum Gasteiger partial charge on any atom is -0.342 e. The Morgan fingerprint density at radius 1 is 1.42 bits per heavy atom. The summed E-state index contributed by atoms with van der Waals surface area (Å²) in [5.41, 5.74) is 0. The summed E-state index contributed by atoms with van der Waals surface area (Å²) in [4.78, 5) is 7.58. The molecule has 2 rings (SSSR count). The zero-order valence-electron chi connectivity index (χ0n) is 6.67. The van der Waals surface area contributed by atoms with E-state index in [0.29, 0.717) is 5.75 Å². The van der Waals surface area contributed by atoms with Crippen LogP contribution in [0.4, 0.5) is 0 Å². The van der Waals surface area contributed by atoms with Gasteiger partial charge in [0, 0.05) is 18.8 Å². The van der Waals surface area contributed by atoms with E-state index in [2.05, 4.69) is 40.1 Å². The number of hydrogen-bond donors (Lipinski definition) is 3. The van der Waals surface area contributed by atoms with Gasteiger partial charge in [0.05, 0.1) is 10.7 Å². The summed E-state index contributed by atoms with van der Waals surface area (Å²) in [6, 6.07) is 0. The number of H-pyrrole nitrogens is 1. The van der Waals surface area contributed by atoms with Gasteiger partial charge in [-0.3, -0.25) is 0 Å². The monoisotopic (exact) mass is 181 g/mol. The number of aromatic nitrogens is 2. The number of imidazole rings is 1. The number of nitrogens with zero attached hydrogens (tertiary/aromatic N) is 1. The van der Waals surface area contributed by atoms with Gasteiger partial charge in [0.25, 0.3) is 0 Å². The molecule has 12 heavy (non-hydrogen) atoms. The highest BCUT2D eigenvalue weighted by Crippen LogP contribution is 1.87. The van der Waals surface area contributed by atoms with Crippen molar-refractivity contribution < 1.29 is 0 Å². The maximum Gasteiger partial charge on any atom is 0.116 e. The molecule has 0 amide bonds. The first kappa shape index (κ1) is 7.89. The molecule has 4 heteroatoms. The van der Waals surface area contributed by atoms with Crippen LogP contribution in [-0.4, -0.2) is 23.1 Å². The molecule has 0 bridgehead atoms. The van der Waals surface area contributed by atoms with Gasteiger partial charge in [0.1, 0.15) is 5.82 Å². The van der Waals surface area contributed by atoms with E-state index in [1.165, 1.54) is 0 Å². The van der Waals surface area contributed by atoms with Gasteiger partial charge in [-0.1, -0.05) is 0 Å². The predicted octanol–water partition coefficient (Wildman–Crippen LogP) is -0.996. The van der Waals surface area contributed by atoms with Crippen LogP contribution >= 0.6 is 12.6 Å². The second-order valence-electron chi connectivity index (χ2n) is 2.71. The maximum absolute atomic E-state index is 4.37. The normalized spacial score (nSPS) is 15.8. The number of fused-ring (bicyclic) bond motifs is 1. The number of thiol groups is 1. The average molecular weight is 181 g/mol. The Morgan fingerprint density at radius 2 is 2.25 bits per heavy atom. The Labute approximate surface area is 76.0 Å². The number of aromatic amines is 1. The van der Waals surface area contributed by atoms with Crippen LogP contribution in [0.3, 0.4) is 0 Å². The van der Waals surface area contributed by atoms with Crippen molar-refractivity contribution >= 4 is 24.8 Å². The fourth-order valence-corrected chi connectivity index (χ4v) is 1.42. The summed E-state index contributed by atoms with van der Waals surface area (Å²) < 4.78 is 0. The third-order valence-corrected chi connectivity index (χ3v) is 2.15. The summed E-state index contributed by atoms with van der Waals surface area (Å²) in [6.45, 7) is 1.79. The number of nitrogens with one attached hydrogen (secondary N) is 2. The SMILES string of the molecule is SCc1nc2c([nH]1)=CCNCC=2. The topological polar surface area (TPSA) is 40.7 Å². The molecular weight excluding hydrogens is 170 g/mol. The molecule has 1 aliphatic heterocycles. The second kappa shape index (κ2) is 3.33. The molecule has 1 aromatic heterocycles. The van der Waals surface area contributed by atoms with E-state index in [1.54, 1.807) is 0 Å². The lowest BCUT2D eigenvalue weighted by Crippen LogP contribution is -2.23. The van der Waals surface area contributed by atoms with E-state index in [4.69, 9.17) is 0 Å². The molecule has 0 spiro atoms. The van der Waals surface area contributed by atoms with E-state index in [9.17, 15) is 0 Å². The van der Waals surface area contributed by atoms with E-state index >= 15 is 0 Å². The zero-order valence-corrected chi connectivity index (χ0v) is 7.56. The molecule has 0 aromatic carbocycles. The van der Waals surface area contributed by atoms with Crippen molar-refractivity contribution in [2.45, 2.75) is 5.75 Å². The molecule has 1 aliphatic rings. The summed E-state index contributed by atoms with van der Waals surface area (Å²) >= 11 is 4.16. The third kappa shape index (κ3) is 1.40. The Hall–Kier alpha value is -0.740. The van der Waals surface area contributed by atoms with Crippen molar-refractivity contribution in [1.82, 2.24) is 15.3 Å². The summed E-state index contributed by atoms with van der Waals surface area (Å²) in [7, 11) is 0. The van der Waals surface area contributed by atoms with Crippen molar-refractivity contribution in [1.29, 1.82) is 0 Å². The molecule has 1 aromatic rings. The van der Waals surface area contributed by atoms with Gasteiger partial charge in [0.15, 0.2) is 0 Å². The number of hydrogen-bond acceptors (Lipinski definition) is 3. The van der Waals surface area contributed by atoms with Gasteiger partial charge < -0.3 is 10.3 Å². The van der Waals surface area contributed by atoms with Gasteiger partial charge in [-0.2, -0.15) is 12.6 Å². The van der Waals surface area contributed by atoms with Gasteiger partial charge in [-0.05, 0) is 12.2 Å². The molecular formula is C8H11N3S. The molecule has 0 fully saturated rings. The highest BCUT2D eigenvalue weighted by atomic mass is 32.1. The first-order valence-corrected chi connectivity index (χ1v) is 4.60. The Kier molecular flexibility index (Phi) is 2.19. The Balaban J connectivity index is 2.59. The fourth-order valence-electron chi connectivity index (χ4n) is 1.27. The van der Waals surface area contributed by atoms with Gasteiger partial charge in [0.2, 0.25) is 0 Å². The van der Waals surface area contributed by atoms with Crippen LogP contribution in [0.5, 0.6) is 0 Å². The fraction of sp³-hybridized carbons (Fsp3) is 0.375. The van der Waals surface area contributed by atoms with Crippen LogP contribution < -0.4 is 16.0 Å². The molecule has 3 nitrogen and oxygen atoms in total. The number of rotatable bonds is 1. The lowest BCUT2D eigenvalue weighted by Gasteiger charge is -1.89. The standard InChI is InChI=1S/C8H11N3S/c12-5-8-10-6-1-3-9-4-2-7(6)11-8/h1-2,9,12H,3-5H2,(H,10,11). The summed E-state index contributed by atoms with van der Waals surface area (Å²) in [5.74, 6) is 1.61. The first-order chi connectivity index (χ1) is 5.90. The van der Waals surface area contributed by atoms with Gasteiger partial charge in [-0.15, -0.1) is 0 Å². The van der Waals surface area contributed by atoms with Gasteiger partial charge >= 0.3 is 0 Å². The van der Waals surface area contributed by atoms with Gasteiger partial charge in [-0.25, -0.2) is 4.98 Å². The van der Waals surface area contributed by atoms with Crippen LogP contribution in [0.2, 0.25) is 0 Å². The Bertz CT molecular complexity index is 346. The van der Waals surface area contributed by atoms with Crippen molar-refractivity contribution in [3.8, 4) is 0 Å². The molecule has 2 N–H and O–H groups in total. The van der Waals surface area contributed by atoms with Crippen molar-refractivity contribution in [2.75, 3.05) is 13.1 Å². The molecule has 0 aliphatic carbocycles. The first-order valence-electron chi connectivity index (χ1n) is 3.97. The highest BCUT2D eigenvalue weighted by molar-refractivity contribution is 7.79. The summed E-state index contributed by atoms with van der Waals surface area (Å²) in [6.07, 6.45) is 4.20. The molecule has 0 saturated carbocycles. The van der Waals surface area contributed by atoms with Crippen LogP contribution in [0.25, 0.3) is 12.2 Å². The van der Waals surface area contributed by atoms with Crippen molar-refractivity contribution in [2.24, 2.45) is 0 Å². The quantitative estimate of drug-likeness (QED) is 0.487. The average Bonchev–Trinajstić information content (AvgIpc) is 2.37. The maximum atomic E-state index is 4.37. The minimum absolute atomic E-state index is 0.669. The van der Waals surface area contributed by atoms with Crippen LogP contribution in [0.15, 0.2) is 0 Å². The molecule has 64 valence electrons. The zero-order chi connectivity index (χ0) is 8.39. The largest absolute Gasteiger partial charge is 0.342 e. The van der Waals surface area contributed by atoms with E-state index in [0.717, 1.165) is 29.6 Å². The van der Waals surface area contributed by atoms with E-state index < -0.39 is 0 Å². The molecule has 0 unspecified atom stereocenters. The molecule has 2 heterocycles. The lowest BCUT2D eigenvalue weighted by molar-refractivity contribution is 0.886.